The molecule has 1 aromatic heterocycles. The molecule has 2 aromatic rings. The maximum absolute atomic E-state index is 12.4. The zero-order chi connectivity index (χ0) is 16.1. The Balaban J connectivity index is 0.00000264. The minimum atomic E-state index is -2.49. The van der Waals surface area contributed by atoms with E-state index in [1.54, 1.807) is 49.4 Å². The maximum atomic E-state index is 12.4. The Hall–Kier alpha value is -1.64. The summed E-state index contributed by atoms with van der Waals surface area (Å²) < 4.78 is 26.4. The number of benzene rings is 1. The van der Waals surface area contributed by atoms with Crippen molar-refractivity contribution >= 4 is 35.8 Å². The highest BCUT2D eigenvalue weighted by Crippen LogP contribution is 2.27. The first kappa shape index (κ1) is 19.4. The van der Waals surface area contributed by atoms with Gasteiger partial charge < -0.3 is 10.6 Å². The molecule has 1 heterocycles. The molecular weight excluding hydrogens is 346 g/mol. The number of rotatable bonds is 6. The smallest absolute Gasteiger partial charge is 0.288 e. The minimum Gasteiger partial charge on any atom is -0.324 e. The summed E-state index contributed by atoms with van der Waals surface area (Å²) >= 11 is 0.440. The molecule has 2 N–H and O–H groups in total. The minimum absolute atomic E-state index is 0. The van der Waals surface area contributed by atoms with Crippen molar-refractivity contribution in [2.24, 2.45) is 7.05 Å². The third-order valence-corrected chi connectivity index (χ3v) is 3.64. The van der Waals surface area contributed by atoms with Crippen molar-refractivity contribution in [3.05, 3.63) is 42.2 Å². The van der Waals surface area contributed by atoms with Crippen molar-refractivity contribution in [3.63, 3.8) is 0 Å². The lowest BCUT2D eigenvalue weighted by atomic mass is 10.1. The molecule has 1 amide bonds. The number of alkyl halides is 2. The van der Waals surface area contributed by atoms with Gasteiger partial charge in [-0.15, -0.1) is 12.4 Å². The van der Waals surface area contributed by atoms with Crippen LogP contribution in [0.4, 0.5) is 14.5 Å². The van der Waals surface area contributed by atoms with Gasteiger partial charge in [0.15, 0.2) is 0 Å². The van der Waals surface area contributed by atoms with Gasteiger partial charge in [0, 0.05) is 29.4 Å². The highest BCUT2D eigenvalue weighted by molar-refractivity contribution is 7.99. The number of anilines is 1. The molecule has 0 fully saturated rings. The SMILES string of the molecule is CNC(C(=O)Nc1cccc(SC(F)F)c1)c1cnn(C)c1.Cl. The summed E-state index contributed by atoms with van der Waals surface area (Å²) in [6, 6.07) is 5.80. The van der Waals surface area contributed by atoms with E-state index in [0.717, 1.165) is 5.56 Å². The van der Waals surface area contributed by atoms with Crippen molar-refractivity contribution in [2.45, 2.75) is 16.7 Å². The second kappa shape index (κ2) is 8.85. The average molecular weight is 363 g/mol. The molecule has 1 unspecified atom stereocenters. The molecule has 5 nitrogen and oxygen atoms in total. The fraction of sp³-hybridized carbons (Fsp3) is 0.286. The van der Waals surface area contributed by atoms with Crippen LogP contribution < -0.4 is 10.6 Å². The molecule has 9 heteroatoms. The first-order chi connectivity index (χ1) is 10.5. The van der Waals surface area contributed by atoms with Gasteiger partial charge in [-0.2, -0.15) is 13.9 Å². The van der Waals surface area contributed by atoms with Crippen LogP contribution in [0, 0.1) is 0 Å². The summed E-state index contributed by atoms with van der Waals surface area (Å²) in [6.07, 6.45) is 3.34. The normalized spacial score (nSPS) is 11.9. The fourth-order valence-electron chi connectivity index (χ4n) is 2.00. The molecule has 0 aliphatic heterocycles. The molecular formula is C14H17ClF2N4OS. The number of hydrogen-bond donors (Lipinski definition) is 2. The van der Waals surface area contributed by atoms with Gasteiger partial charge in [-0.05, 0) is 25.2 Å². The lowest BCUT2D eigenvalue weighted by molar-refractivity contribution is -0.118. The number of hydrogen-bond acceptors (Lipinski definition) is 4. The van der Waals surface area contributed by atoms with Crippen LogP contribution in [0.2, 0.25) is 0 Å². The lowest BCUT2D eigenvalue weighted by Crippen LogP contribution is -2.30. The third-order valence-electron chi connectivity index (χ3n) is 2.94. The van der Waals surface area contributed by atoms with Crippen LogP contribution in [-0.4, -0.2) is 28.5 Å². The highest BCUT2D eigenvalue weighted by atomic mass is 35.5. The first-order valence-electron chi connectivity index (χ1n) is 6.51. The van der Waals surface area contributed by atoms with E-state index in [4.69, 9.17) is 0 Å². The maximum Gasteiger partial charge on any atom is 0.288 e. The van der Waals surface area contributed by atoms with Crippen LogP contribution >= 0.6 is 24.2 Å². The lowest BCUT2D eigenvalue weighted by Gasteiger charge is -2.15. The zero-order valence-electron chi connectivity index (χ0n) is 12.5. The molecule has 0 aliphatic rings. The van der Waals surface area contributed by atoms with Crippen molar-refractivity contribution in [1.29, 1.82) is 0 Å². The summed E-state index contributed by atoms with van der Waals surface area (Å²) in [7, 11) is 3.43. The van der Waals surface area contributed by atoms with Crippen molar-refractivity contribution in [3.8, 4) is 0 Å². The Kier molecular flexibility index (Phi) is 7.47. The largest absolute Gasteiger partial charge is 0.324 e. The van der Waals surface area contributed by atoms with Gasteiger partial charge in [-0.1, -0.05) is 17.8 Å². The van der Waals surface area contributed by atoms with Gasteiger partial charge in [0.25, 0.3) is 5.76 Å². The molecule has 126 valence electrons. The van der Waals surface area contributed by atoms with E-state index < -0.39 is 11.8 Å². The molecule has 1 atom stereocenters. The number of nitrogens with zero attached hydrogens (tertiary/aromatic N) is 2. The topological polar surface area (TPSA) is 59.0 Å². The van der Waals surface area contributed by atoms with Gasteiger partial charge in [0.05, 0.1) is 6.20 Å². The number of aryl methyl sites for hydroxylation is 1. The highest BCUT2D eigenvalue weighted by Gasteiger charge is 2.20. The van der Waals surface area contributed by atoms with E-state index in [2.05, 4.69) is 15.7 Å². The molecule has 1 aromatic carbocycles. The fourth-order valence-corrected chi connectivity index (χ4v) is 2.56. The Labute approximate surface area is 143 Å². The summed E-state index contributed by atoms with van der Waals surface area (Å²) in [4.78, 5) is 12.7. The standard InChI is InChI=1S/C14H16F2N4OS.ClH/c1-17-12(9-7-18-20(2)8-9)13(21)19-10-4-3-5-11(6-10)22-14(15)16;/h3-8,12,14,17H,1-2H3,(H,19,21);1H. The monoisotopic (exact) mass is 362 g/mol. The number of amides is 1. The van der Waals surface area contributed by atoms with Crippen LogP contribution in [0.3, 0.4) is 0 Å². The van der Waals surface area contributed by atoms with Crippen LogP contribution in [0.25, 0.3) is 0 Å². The molecule has 23 heavy (non-hydrogen) atoms. The van der Waals surface area contributed by atoms with Gasteiger partial charge in [0.1, 0.15) is 6.04 Å². The summed E-state index contributed by atoms with van der Waals surface area (Å²) in [5.41, 5.74) is 1.19. The Bertz CT molecular complexity index is 653. The van der Waals surface area contributed by atoms with Gasteiger partial charge in [-0.25, -0.2) is 0 Å². The molecule has 0 saturated heterocycles. The first-order valence-corrected chi connectivity index (χ1v) is 7.39. The van der Waals surface area contributed by atoms with Gasteiger partial charge in [-0.3, -0.25) is 9.48 Å². The van der Waals surface area contributed by atoms with E-state index in [0.29, 0.717) is 22.3 Å². The van der Waals surface area contributed by atoms with E-state index in [1.807, 2.05) is 0 Å². The van der Waals surface area contributed by atoms with Crippen molar-refractivity contribution in [2.75, 3.05) is 12.4 Å². The van der Waals surface area contributed by atoms with Crippen LogP contribution in [0.15, 0.2) is 41.6 Å². The summed E-state index contributed by atoms with van der Waals surface area (Å²) in [5.74, 6) is -2.78. The second-order valence-corrected chi connectivity index (χ2v) is 5.63. The zero-order valence-corrected chi connectivity index (χ0v) is 14.1. The van der Waals surface area contributed by atoms with Crippen molar-refractivity contribution < 1.29 is 13.6 Å². The van der Waals surface area contributed by atoms with E-state index in [9.17, 15) is 13.6 Å². The Morgan fingerprint density at radius 2 is 2.13 bits per heavy atom. The second-order valence-electron chi connectivity index (χ2n) is 4.56. The number of nitrogens with one attached hydrogen (secondary N) is 2. The summed E-state index contributed by atoms with van der Waals surface area (Å²) in [5, 5.41) is 9.66. The number of likely N-dealkylation sites (N-methyl/N-ethyl adjacent to an activating group) is 1. The van der Waals surface area contributed by atoms with Crippen molar-refractivity contribution in [1.82, 2.24) is 15.1 Å². The molecule has 2 rings (SSSR count). The number of carbonyl (C=O) groups is 1. The average Bonchev–Trinajstić information content (AvgIpc) is 2.85. The molecule has 0 radical (unpaired) electrons. The van der Waals surface area contributed by atoms with E-state index >= 15 is 0 Å². The molecule has 0 aliphatic carbocycles. The Morgan fingerprint density at radius 3 is 2.70 bits per heavy atom. The van der Waals surface area contributed by atoms with Gasteiger partial charge in [0.2, 0.25) is 5.91 Å². The predicted molar refractivity (Wildman–Crippen MR) is 89.2 cm³/mol. The predicted octanol–water partition coefficient (Wildman–Crippen LogP) is 3.06. The van der Waals surface area contributed by atoms with E-state index in [1.165, 1.54) is 6.07 Å². The quantitative estimate of drug-likeness (QED) is 0.775. The Morgan fingerprint density at radius 1 is 1.39 bits per heavy atom. The number of thioether (sulfide) groups is 1. The number of carbonyl (C=O) groups excluding carboxylic acids is 1. The van der Waals surface area contributed by atoms with Gasteiger partial charge >= 0.3 is 0 Å². The van der Waals surface area contributed by atoms with Crippen LogP contribution in [-0.2, 0) is 11.8 Å². The summed E-state index contributed by atoms with van der Waals surface area (Å²) in [6.45, 7) is 0. The molecule has 0 bridgehead atoms. The van der Waals surface area contributed by atoms with Crippen LogP contribution in [0.5, 0.6) is 0 Å². The van der Waals surface area contributed by atoms with Crippen LogP contribution in [0.1, 0.15) is 11.6 Å². The number of aromatic nitrogens is 2. The molecule has 0 saturated carbocycles. The molecule has 0 spiro atoms. The third kappa shape index (κ3) is 5.49. The number of halogens is 3. The van der Waals surface area contributed by atoms with E-state index in [-0.39, 0.29) is 18.3 Å².